The van der Waals surface area contributed by atoms with Crippen LogP contribution in [0.3, 0.4) is 0 Å². The Morgan fingerprint density at radius 1 is 1.03 bits per heavy atom. The second-order valence-corrected chi connectivity index (χ2v) is 8.69. The van der Waals surface area contributed by atoms with E-state index in [9.17, 15) is 14.7 Å². The molecule has 1 fully saturated rings. The van der Waals surface area contributed by atoms with Crippen LogP contribution in [-0.4, -0.2) is 46.2 Å². The van der Waals surface area contributed by atoms with Crippen LogP contribution in [0.4, 0.5) is 5.69 Å². The fourth-order valence-electron chi connectivity index (χ4n) is 4.38. The molecule has 0 spiro atoms. The molecule has 1 aliphatic heterocycles. The van der Waals surface area contributed by atoms with Crippen LogP contribution in [0.1, 0.15) is 51.5 Å². The minimum absolute atomic E-state index is 0. The van der Waals surface area contributed by atoms with Crippen LogP contribution in [0, 0.1) is 5.92 Å². The molecule has 1 aliphatic rings. The predicted molar refractivity (Wildman–Crippen MR) is 143 cm³/mol. The number of hydrogen-bond donors (Lipinski definition) is 1. The Balaban J connectivity index is 0.00000506. The van der Waals surface area contributed by atoms with Crippen LogP contribution in [0.5, 0.6) is 0 Å². The molecule has 7 heteroatoms. The molecule has 6 nitrogen and oxygen atoms in total. The maximum absolute atomic E-state index is 13.5. The Morgan fingerprint density at radius 2 is 1.68 bits per heavy atom. The minimum atomic E-state index is -3.13. The van der Waals surface area contributed by atoms with Gasteiger partial charge in [0.15, 0.2) is 0 Å². The van der Waals surface area contributed by atoms with Crippen molar-refractivity contribution >= 4 is 23.3 Å². The molecule has 0 aliphatic carbocycles. The Hall–Kier alpha value is -3.28. The first kappa shape index (κ1) is 20.7. The largest absolute Gasteiger partial charge is 2.00 e. The van der Waals surface area contributed by atoms with Crippen molar-refractivity contribution in [3.05, 3.63) is 107 Å². The van der Waals surface area contributed by atoms with Gasteiger partial charge in [0.2, 0.25) is 0 Å². The number of nitrogens with zero attached hydrogens (tertiary/aromatic N) is 3. The summed E-state index contributed by atoms with van der Waals surface area (Å²) in [6.07, 6.45) is 1.47. The quantitative estimate of drug-likeness (QED) is 0.270. The van der Waals surface area contributed by atoms with Crippen molar-refractivity contribution in [3.8, 4) is 0 Å². The molecule has 0 aromatic heterocycles. The second-order valence-electron chi connectivity index (χ2n) is 8.69. The van der Waals surface area contributed by atoms with Crippen molar-refractivity contribution in [3.63, 3.8) is 0 Å². The zero-order valence-corrected chi connectivity index (χ0v) is 21.1. The zero-order valence-electron chi connectivity index (χ0n) is 26.1. The van der Waals surface area contributed by atoms with Gasteiger partial charge < -0.3 is 15.2 Å². The van der Waals surface area contributed by atoms with Gasteiger partial charge >= 0.3 is 22.5 Å². The third-order valence-corrected chi connectivity index (χ3v) is 6.15. The number of rotatable bonds is 9. The standard InChI is InChI=1S/C30H33N3O3.Ni/c1-21(2)27(30(35)36)32-28(23-14-7-4-8-15-23)24-16-9-10-17-25(24)31-29(34)26-18-11-19-33(26)20-22-12-5-3-6-13-22;/h3-10,12-17,21,26-27H,11,18-20H2,1-2H3,(H2,31,32,34,35,36);/q;+2/p-1/t26-,27-;/m0./s1/i1D3,2D3;. The molecule has 3 aromatic rings. The first-order valence-electron chi connectivity index (χ1n) is 14.9. The van der Waals surface area contributed by atoms with Crippen LogP contribution in [0.15, 0.2) is 89.9 Å². The molecule has 194 valence electrons. The van der Waals surface area contributed by atoms with Crippen molar-refractivity contribution in [1.82, 2.24) is 4.90 Å². The number of para-hydroxylation sites is 1. The summed E-state index contributed by atoms with van der Waals surface area (Å²) in [4.78, 5) is 32.3. The molecule has 0 unspecified atom stereocenters. The van der Waals surface area contributed by atoms with Crippen LogP contribution in [-0.2, 0) is 32.6 Å². The molecular formula is C30H32N3NiO3+. The molecule has 0 bridgehead atoms. The number of carbonyl (C=O) groups is 2. The molecule has 1 amide bonds. The van der Waals surface area contributed by atoms with Gasteiger partial charge in [-0.15, -0.1) is 5.69 Å². The van der Waals surface area contributed by atoms with E-state index in [1.807, 2.05) is 30.3 Å². The average molecular weight is 547 g/mol. The first-order valence-corrected chi connectivity index (χ1v) is 11.9. The van der Waals surface area contributed by atoms with E-state index in [0.717, 1.165) is 18.5 Å². The number of carboxylic acids is 1. The molecule has 1 heterocycles. The fourth-order valence-corrected chi connectivity index (χ4v) is 4.38. The Bertz CT molecular complexity index is 1400. The van der Waals surface area contributed by atoms with Gasteiger partial charge in [-0.1, -0.05) is 98.6 Å². The van der Waals surface area contributed by atoms with Crippen molar-refractivity contribution in [1.29, 1.82) is 0 Å². The van der Waals surface area contributed by atoms with Crippen LogP contribution in [0.25, 0.3) is 5.32 Å². The molecule has 1 saturated heterocycles. The van der Waals surface area contributed by atoms with Gasteiger partial charge in [0.05, 0.1) is 17.7 Å². The van der Waals surface area contributed by atoms with Crippen LogP contribution >= 0.6 is 0 Å². The first-order chi connectivity index (χ1) is 19.9. The van der Waals surface area contributed by atoms with E-state index in [1.165, 1.54) is 0 Å². The number of likely N-dealkylation sites (tertiary alicyclic amines) is 1. The second kappa shape index (κ2) is 13.3. The Morgan fingerprint density at radius 3 is 2.35 bits per heavy atom. The molecule has 4 rings (SSSR count). The Kier molecular flexibility index (Phi) is 7.47. The van der Waals surface area contributed by atoms with E-state index < -0.39 is 37.7 Å². The van der Waals surface area contributed by atoms with Gasteiger partial charge in [-0.05, 0) is 36.4 Å². The average Bonchev–Trinajstić information content (AvgIpc) is 3.39. The molecular weight excluding hydrogens is 509 g/mol. The third-order valence-electron chi connectivity index (χ3n) is 6.15. The molecule has 2 atom stereocenters. The van der Waals surface area contributed by atoms with Gasteiger partial charge in [0, 0.05) is 20.3 Å². The summed E-state index contributed by atoms with van der Waals surface area (Å²) in [5.41, 5.74) is 2.03. The smallest absolute Gasteiger partial charge is 0.625 e. The summed E-state index contributed by atoms with van der Waals surface area (Å²) < 4.78 is 46.9. The summed E-state index contributed by atoms with van der Waals surface area (Å²) in [6, 6.07) is 22.2. The maximum Gasteiger partial charge on any atom is 2.00 e. The molecule has 3 aromatic carbocycles. The molecule has 0 radical (unpaired) electrons. The van der Waals surface area contributed by atoms with Crippen LogP contribution in [0.2, 0.25) is 0 Å². The number of amides is 1. The predicted octanol–water partition coefficient (Wildman–Crippen LogP) is 5.83. The minimum Gasteiger partial charge on any atom is -0.625 e. The zero-order chi connectivity index (χ0) is 30.5. The third kappa shape index (κ3) is 7.15. The Labute approximate surface area is 237 Å². The molecule has 37 heavy (non-hydrogen) atoms. The monoisotopic (exact) mass is 546 g/mol. The number of benzene rings is 3. The van der Waals surface area contributed by atoms with E-state index in [2.05, 4.69) is 15.2 Å². The summed E-state index contributed by atoms with van der Waals surface area (Å²) in [7, 11) is 0. The summed E-state index contributed by atoms with van der Waals surface area (Å²) in [5, 5.41) is 14.5. The number of carbonyl (C=O) groups excluding carboxylic acids is 1. The number of hydrogen-bond acceptors (Lipinski definition) is 4. The van der Waals surface area contributed by atoms with Gasteiger partial charge in [0.1, 0.15) is 6.04 Å². The fraction of sp³-hybridized carbons (Fsp3) is 0.300. The van der Waals surface area contributed by atoms with Crippen LogP contribution < -0.4 is 0 Å². The van der Waals surface area contributed by atoms with E-state index in [0.29, 0.717) is 18.5 Å². The van der Waals surface area contributed by atoms with E-state index in [4.69, 9.17) is 8.22 Å². The van der Waals surface area contributed by atoms with Crippen molar-refractivity contribution in [2.75, 3.05) is 6.54 Å². The van der Waals surface area contributed by atoms with E-state index in [-0.39, 0.29) is 39.4 Å². The van der Waals surface area contributed by atoms with Crippen molar-refractivity contribution in [2.24, 2.45) is 10.9 Å². The van der Waals surface area contributed by atoms with Crippen molar-refractivity contribution < 1.29 is 39.4 Å². The van der Waals surface area contributed by atoms with Gasteiger partial charge in [-0.25, -0.2) is 4.79 Å². The summed E-state index contributed by atoms with van der Waals surface area (Å²) in [5.74, 6) is -4.31. The van der Waals surface area contributed by atoms with E-state index >= 15 is 0 Å². The summed E-state index contributed by atoms with van der Waals surface area (Å²) in [6.45, 7) is -4.93. The summed E-state index contributed by atoms with van der Waals surface area (Å²) >= 11 is 0. The van der Waals surface area contributed by atoms with E-state index in [1.54, 1.807) is 54.6 Å². The normalized spacial score (nSPS) is 19.8. The maximum atomic E-state index is 13.5. The molecule has 0 saturated carbocycles. The van der Waals surface area contributed by atoms with Crippen molar-refractivity contribution in [2.45, 2.75) is 45.2 Å². The van der Waals surface area contributed by atoms with Gasteiger partial charge in [-0.2, -0.15) is 0 Å². The molecule has 1 N–H and O–H groups in total. The number of carboxylic acid groups (broad SMARTS) is 1. The number of aliphatic imine (C=N–C) groups is 1. The van der Waals surface area contributed by atoms with Gasteiger partial charge in [-0.3, -0.25) is 9.89 Å². The topological polar surface area (TPSA) is 84.1 Å². The SMILES string of the molecule is [2H]C([2H])([2H])C([C@H](N=C(c1ccccc1)c1ccccc1[N-]C(=O)[C@@H]1CCCN1Cc1ccccc1)C(=O)O)C([2H])([2H])[2H].[Ni+2]. The number of aliphatic carboxylic acids is 1. The van der Waals surface area contributed by atoms with Gasteiger partial charge in [0.25, 0.3) is 0 Å².